The monoisotopic (exact) mass is 384 g/mol. The average Bonchev–Trinajstić information content (AvgIpc) is 2.68. The standard InChI is InChI=1S/C23H38F2O2/c1-2-26-22-14-13-21(27-16-22)12-7-17-3-8-19(9-4-17)20-10-5-18(6-11-20)15-23(24)25/h15,17-22H,2-14,16H2,1H3. The van der Waals surface area contributed by atoms with E-state index < -0.39 is 6.08 Å². The molecular formula is C23H38F2O2. The number of hydrogen-bond donors (Lipinski definition) is 0. The molecule has 0 aromatic heterocycles. The van der Waals surface area contributed by atoms with Crippen LogP contribution in [-0.4, -0.2) is 25.4 Å². The first-order chi connectivity index (χ1) is 13.1. The molecule has 1 heterocycles. The number of halogens is 2. The molecule has 0 radical (unpaired) electrons. The van der Waals surface area contributed by atoms with Crippen molar-refractivity contribution in [3.8, 4) is 0 Å². The third-order valence-corrected chi connectivity index (χ3v) is 7.36. The number of allylic oxidation sites excluding steroid dienone is 1. The molecule has 2 unspecified atom stereocenters. The zero-order valence-electron chi connectivity index (χ0n) is 17.0. The lowest BCUT2D eigenvalue weighted by Crippen LogP contribution is -2.32. The molecule has 2 saturated carbocycles. The predicted molar refractivity (Wildman–Crippen MR) is 105 cm³/mol. The van der Waals surface area contributed by atoms with Gasteiger partial charge in [-0.25, -0.2) is 0 Å². The van der Waals surface area contributed by atoms with Gasteiger partial charge in [-0.3, -0.25) is 0 Å². The second-order valence-electron chi connectivity index (χ2n) is 9.10. The van der Waals surface area contributed by atoms with Crippen LogP contribution in [0.4, 0.5) is 8.78 Å². The van der Waals surface area contributed by atoms with Crippen LogP contribution in [0, 0.1) is 23.7 Å². The van der Waals surface area contributed by atoms with E-state index in [1.807, 2.05) is 0 Å². The van der Waals surface area contributed by atoms with Gasteiger partial charge in [0, 0.05) is 6.61 Å². The maximum absolute atomic E-state index is 12.4. The summed E-state index contributed by atoms with van der Waals surface area (Å²) in [5, 5.41) is 0. The zero-order valence-corrected chi connectivity index (χ0v) is 17.0. The summed E-state index contributed by atoms with van der Waals surface area (Å²) in [6.07, 6.45) is 14.9. The molecule has 0 spiro atoms. The van der Waals surface area contributed by atoms with E-state index in [9.17, 15) is 8.78 Å². The van der Waals surface area contributed by atoms with Gasteiger partial charge in [0.1, 0.15) is 0 Å². The Labute approximate surface area is 164 Å². The molecule has 0 bridgehead atoms. The normalized spacial score (nSPS) is 37.7. The van der Waals surface area contributed by atoms with E-state index in [0.717, 1.165) is 69.5 Å². The Balaban J connectivity index is 1.29. The molecule has 0 amide bonds. The Morgan fingerprint density at radius 1 is 0.889 bits per heavy atom. The quantitative estimate of drug-likeness (QED) is 0.484. The minimum absolute atomic E-state index is 0.125. The van der Waals surface area contributed by atoms with E-state index in [1.165, 1.54) is 44.6 Å². The van der Waals surface area contributed by atoms with E-state index in [0.29, 0.717) is 12.2 Å². The first-order valence-electron chi connectivity index (χ1n) is 11.4. The molecule has 0 aromatic carbocycles. The minimum Gasteiger partial charge on any atom is -0.376 e. The summed E-state index contributed by atoms with van der Waals surface area (Å²) in [7, 11) is 0. The second kappa shape index (κ2) is 10.9. The first-order valence-corrected chi connectivity index (χ1v) is 11.4. The molecule has 1 aliphatic heterocycles. The van der Waals surface area contributed by atoms with Crippen molar-refractivity contribution >= 4 is 0 Å². The van der Waals surface area contributed by atoms with Gasteiger partial charge in [-0.1, -0.05) is 12.8 Å². The van der Waals surface area contributed by atoms with Gasteiger partial charge in [0.05, 0.1) is 18.8 Å². The predicted octanol–water partition coefficient (Wildman–Crippen LogP) is 6.74. The lowest BCUT2D eigenvalue weighted by atomic mass is 9.68. The van der Waals surface area contributed by atoms with Gasteiger partial charge in [0.15, 0.2) is 0 Å². The van der Waals surface area contributed by atoms with Crippen molar-refractivity contribution in [1.82, 2.24) is 0 Å². The van der Waals surface area contributed by atoms with Crippen LogP contribution in [0.2, 0.25) is 0 Å². The van der Waals surface area contributed by atoms with Gasteiger partial charge in [-0.15, -0.1) is 0 Å². The summed E-state index contributed by atoms with van der Waals surface area (Å²) in [5.41, 5.74) is 0. The summed E-state index contributed by atoms with van der Waals surface area (Å²) in [6.45, 7) is 3.61. The molecule has 4 heteroatoms. The highest BCUT2D eigenvalue weighted by atomic mass is 19.3. The molecule has 0 aromatic rings. The van der Waals surface area contributed by atoms with Crippen molar-refractivity contribution in [1.29, 1.82) is 0 Å². The van der Waals surface area contributed by atoms with Crippen LogP contribution >= 0.6 is 0 Å². The van der Waals surface area contributed by atoms with Crippen LogP contribution in [-0.2, 0) is 9.47 Å². The number of hydrogen-bond acceptors (Lipinski definition) is 2. The smallest absolute Gasteiger partial charge is 0.266 e. The maximum Gasteiger partial charge on any atom is 0.266 e. The maximum atomic E-state index is 12.4. The van der Waals surface area contributed by atoms with Crippen molar-refractivity contribution in [2.75, 3.05) is 13.2 Å². The van der Waals surface area contributed by atoms with Crippen molar-refractivity contribution in [3.05, 3.63) is 12.2 Å². The fraction of sp³-hybridized carbons (Fsp3) is 0.913. The van der Waals surface area contributed by atoms with Crippen LogP contribution < -0.4 is 0 Å². The van der Waals surface area contributed by atoms with E-state index in [2.05, 4.69) is 6.92 Å². The van der Waals surface area contributed by atoms with E-state index in [4.69, 9.17) is 9.47 Å². The first kappa shape index (κ1) is 21.2. The third-order valence-electron chi connectivity index (χ3n) is 7.36. The highest BCUT2D eigenvalue weighted by Crippen LogP contribution is 2.43. The Bertz CT molecular complexity index is 439. The molecule has 27 heavy (non-hydrogen) atoms. The van der Waals surface area contributed by atoms with Crippen LogP contribution in [0.15, 0.2) is 12.2 Å². The molecule has 2 aliphatic carbocycles. The summed E-state index contributed by atoms with van der Waals surface area (Å²) in [5.74, 6) is 2.63. The fourth-order valence-corrected chi connectivity index (χ4v) is 5.71. The van der Waals surface area contributed by atoms with Gasteiger partial charge in [-0.05, 0) is 101 Å². The molecule has 3 rings (SSSR count). The van der Waals surface area contributed by atoms with Gasteiger partial charge >= 0.3 is 0 Å². The van der Waals surface area contributed by atoms with Gasteiger partial charge in [-0.2, -0.15) is 8.78 Å². The van der Waals surface area contributed by atoms with Crippen molar-refractivity contribution in [2.45, 2.75) is 96.2 Å². The molecule has 156 valence electrons. The Morgan fingerprint density at radius 2 is 1.56 bits per heavy atom. The lowest BCUT2D eigenvalue weighted by Gasteiger charge is -2.38. The Kier molecular flexibility index (Phi) is 8.57. The van der Waals surface area contributed by atoms with Crippen molar-refractivity contribution < 1.29 is 18.3 Å². The molecule has 2 nitrogen and oxygen atoms in total. The SMILES string of the molecule is CCOC1CCC(CCC2CCC(C3CCC(C=C(F)F)CC3)CC2)OC1. The van der Waals surface area contributed by atoms with Crippen LogP contribution in [0.1, 0.15) is 84.0 Å². The molecule has 2 atom stereocenters. The summed E-state index contributed by atoms with van der Waals surface area (Å²) >= 11 is 0. The lowest BCUT2D eigenvalue weighted by molar-refractivity contribution is -0.0861. The van der Waals surface area contributed by atoms with Gasteiger partial charge < -0.3 is 9.47 Å². The Morgan fingerprint density at radius 3 is 2.11 bits per heavy atom. The fourth-order valence-electron chi connectivity index (χ4n) is 5.71. The molecule has 0 N–H and O–H groups in total. The topological polar surface area (TPSA) is 18.5 Å². The summed E-state index contributed by atoms with van der Waals surface area (Å²) in [4.78, 5) is 0. The average molecular weight is 385 g/mol. The Hall–Kier alpha value is -0.480. The van der Waals surface area contributed by atoms with E-state index in [-0.39, 0.29) is 5.92 Å². The minimum atomic E-state index is -1.49. The summed E-state index contributed by atoms with van der Waals surface area (Å²) in [6, 6.07) is 0. The number of ether oxygens (including phenoxy) is 2. The van der Waals surface area contributed by atoms with E-state index in [1.54, 1.807) is 0 Å². The zero-order chi connectivity index (χ0) is 19.1. The highest BCUT2D eigenvalue weighted by molar-refractivity contribution is 4.92. The number of rotatable bonds is 7. The van der Waals surface area contributed by atoms with Gasteiger partial charge in [0.2, 0.25) is 0 Å². The molecular weight excluding hydrogens is 346 g/mol. The molecule has 1 saturated heterocycles. The van der Waals surface area contributed by atoms with Crippen LogP contribution in [0.25, 0.3) is 0 Å². The molecule has 3 fully saturated rings. The largest absolute Gasteiger partial charge is 0.376 e. The van der Waals surface area contributed by atoms with Crippen LogP contribution in [0.5, 0.6) is 0 Å². The van der Waals surface area contributed by atoms with Crippen LogP contribution in [0.3, 0.4) is 0 Å². The third kappa shape index (κ3) is 6.81. The second-order valence-corrected chi connectivity index (χ2v) is 9.10. The van der Waals surface area contributed by atoms with Crippen molar-refractivity contribution in [2.24, 2.45) is 23.7 Å². The van der Waals surface area contributed by atoms with E-state index >= 15 is 0 Å². The van der Waals surface area contributed by atoms with Gasteiger partial charge in [0.25, 0.3) is 6.08 Å². The van der Waals surface area contributed by atoms with Crippen molar-refractivity contribution in [3.63, 3.8) is 0 Å². The molecule has 3 aliphatic rings. The summed E-state index contributed by atoms with van der Waals surface area (Å²) < 4.78 is 36.5. The highest BCUT2D eigenvalue weighted by Gasteiger charge is 2.31.